The lowest BCUT2D eigenvalue weighted by Crippen LogP contribution is -2.55. The molecule has 2 saturated heterocycles. The maximum absolute atomic E-state index is 12.8. The van der Waals surface area contributed by atoms with Crippen molar-refractivity contribution in [3.63, 3.8) is 0 Å². The summed E-state index contributed by atoms with van der Waals surface area (Å²) in [5.74, 6) is 2.07. The minimum absolute atomic E-state index is 0.274. The number of aryl methyl sites for hydroxylation is 1. The van der Waals surface area contributed by atoms with E-state index in [9.17, 15) is 9.00 Å². The number of ether oxygens (including phenoxy) is 2. The zero-order valence-corrected chi connectivity index (χ0v) is 17.1. The number of aromatic nitrogens is 2. The summed E-state index contributed by atoms with van der Waals surface area (Å²) in [5.41, 5.74) is 0.542. The van der Waals surface area contributed by atoms with Gasteiger partial charge >= 0.3 is 0 Å². The van der Waals surface area contributed by atoms with E-state index in [4.69, 9.17) is 9.47 Å². The number of hydrogen-bond donors (Lipinski definition) is 0. The molecule has 0 atom stereocenters. The molecule has 8 nitrogen and oxygen atoms in total. The molecule has 0 radical (unpaired) electrons. The lowest BCUT2D eigenvalue weighted by Gasteiger charge is -2.45. The van der Waals surface area contributed by atoms with Crippen LogP contribution in [0.3, 0.4) is 0 Å². The van der Waals surface area contributed by atoms with Crippen LogP contribution >= 0.6 is 0 Å². The Balaban J connectivity index is 1.75. The van der Waals surface area contributed by atoms with Gasteiger partial charge < -0.3 is 14.4 Å². The predicted octanol–water partition coefficient (Wildman–Crippen LogP) is 1.71. The van der Waals surface area contributed by atoms with Crippen LogP contribution in [0.4, 0.5) is 5.82 Å². The second-order valence-corrected chi connectivity index (χ2v) is 9.73. The van der Waals surface area contributed by atoms with Gasteiger partial charge in [-0.25, -0.2) is 14.2 Å². The third-order valence-corrected chi connectivity index (χ3v) is 7.28. The zero-order valence-electron chi connectivity index (χ0n) is 16.3. The molecule has 1 spiro atoms. The standard InChI is InChI=1S/C18H28N4O4S/c1-4-17(23)21-27(24)9-5-18(6-10-27)13-22(7-8-26-18)16-11-14(2)19-15(20-16)12-25-3/h11H,4-10,12-13H2,1-3H3. The van der Waals surface area contributed by atoms with Crippen LogP contribution < -0.4 is 4.90 Å². The van der Waals surface area contributed by atoms with Crippen molar-refractivity contribution in [3.05, 3.63) is 17.6 Å². The SMILES string of the molecule is CCC(=O)N=S1(=O)CCC2(CC1)CN(c1cc(C)nc(COC)n1)CCO2. The van der Waals surface area contributed by atoms with E-state index in [0.29, 0.717) is 56.4 Å². The smallest absolute Gasteiger partial charge is 0.253 e. The molecular weight excluding hydrogens is 368 g/mol. The Morgan fingerprint density at radius 2 is 2.15 bits per heavy atom. The topological polar surface area (TPSA) is 94.0 Å². The van der Waals surface area contributed by atoms with Crippen molar-refractivity contribution < 1.29 is 18.5 Å². The molecule has 1 amide bonds. The molecule has 0 saturated carbocycles. The molecule has 1 aromatic rings. The minimum atomic E-state index is -2.45. The van der Waals surface area contributed by atoms with E-state index in [-0.39, 0.29) is 11.5 Å². The van der Waals surface area contributed by atoms with Crippen LogP contribution in [0.2, 0.25) is 0 Å². The number of morpholine rings is 1. The maximum Gasteiger partial charge on any atom is 0.253 e. The normalized spacial score (nSPS) is 28.3. The molecule has 3 rings (SSSR count). The van der Waals surface area contributed by atoms with Gasteiger partial charge in [0.15, 0.2) is 5.82 Å². The highest BCUT2D eigenvalue weighted by Crippen LogP contribution is 2.33. The van der Waals surface area contributed by atoms with Gasteiger partial charge in [0.05, 0.1) is 21.9 Å². The van der Waals surface area contributed by atoms with Crippen LogP contribution in [-0.4, -0.2) is 64.0 Å². The van der Waals surface area contributed by atoms with E-state index in [0.717, 1.165) is 18.1 Å². The van der Waals surface area contributed by atoms with E-state index < -0.39 is 9.73 Å². The summed E-state index contributed by atoms with van der Waals surface area (Å²) in [5, 5.41) is 0. The lowest BCUT2D eigenvalue weighted by molar-refractivity contribution is -0.117. The fourth-order valence-corrected chi connectivity index (χ4v) is 5.84. The molecule has 1 aromatic heterocycles. The van der Waals surface area contributed by atoms with Crippen LogP contribution in [0.15, 0.2) is 10.4 Å². The van der Waals surface area contributed by atoms with Crippen molar-refractivity contribution in [2.45, 2.75) is 45.3 Å². The van der Waals surface area contributed by atoms with E-state index in [1.165, 1.54) is 0 Å². The average Bonchev–Trinajstić information content (AvgIpc) is 2.65. The summed E-state index contributed by atoms with van der Waals surface area (Å²) < 4.78 is 28.1. The van der Waals surface area contributed by atoms with Crippen LogP contribution in [0.25, 0.3) is 0 Å². The third kappa shape index (κ3) is 4.83. The largest absolute Gasteiger partial charge is 0.377 e. The molecule has 0 N–H and O–H groups in total. The number of nitrogens with zero attached hydrogens (tertiary/aromatic N) is 4. The van der Waals surface area contributed by atoms with Gasteiger partial charge in [0, 0.05) is 49.9 Å². The quantitative estimate of drug-likeness (QED) is 0.764. The zero-order chi connectivity index (χ0) is 19.5. The highest BCUT2D eigenvalue weighted by molar-refractivity contribution is 7.93. The Kier molecular flexibility index (Phi) is 6.12. The molecule has 150 valence electrons. The van der Waals surface area contributed by atoms with Gasteiger partial charge in [-0.2, -0.15) is 4.36 Å². The summed E-state index contributed by atoms with van der Waals surface area (Å²) in [6.07, 6.45) is 1.57. The summed E-state index contributed by atoms with van der Waals surface area (Å²) in [4.78, 5) is 22.8. The van der Waals surface area contributed by atoms with E-state index in [1.807, 2.05) is 13.0 Å². The molecule has 2 fully saturated rings. The van der Waals surface area contributed by atoms with Gasteiger partial charge in [-0.1, -0.05) is 6.92 Å². The van der Waals surface area contributed by atoms with Gasteiger partial charge in [0.1, 0.15) is 12.4 Å². The molecule has 0 unspecified atom stereocenters. The summed E-state index contributed by atoms with van der Waals surface area (Å²) in [6.45, 7) is 6.09. The number of carbonyl (C=O) groups excluding carboxylic acids is 1. The highest BCUT2D eigenvalue weighted by atomic mass is 32.2. The Labute approximate surface area is 160 Å². The fraction of sp³-hybridized carbons (Fsp3) is 0.722. The second kappa shape index (κ2) is 8.20. The first kappa shape index (κ1) is 20.2. The Morgan fingerprint density at radius 1 is 1.41 bits per heavy atom. The number of methoxy groups -OCH3 is 1. The lowest BCUT2D eigenvalue weighted by atomic mass is 9.94. The molecule has 0 bridgehead atoms. The minimum Gasteiger partial charge on any atom is -0.377 e. The first-order valence-corrected chi connectivity index (χ1v) is 11.2. The number of amides is 1. The maximum atomic E-state index is 12.8. The molecule has 3 heterocycles. The Hall–Kier alpha value is -1.58. The number of carbonyl (C=O) groups is 1. The molecule has 2 aliphatic heterocycles. The molecule has 9 heteroatoms. The molecule has 0 aliphatic carbocycles. The third-order valence-electron chi connectivity index (χ3n) is 5.06. The molecule has 27 heavy (non-hydrogen) atoms. The number of anilines is 1. The second-order valence-electron chi connectivity index (χ2n) is 7.19. The van der Waals surface area contributed by atoms with Crippen molar-refractivity contribution in [1.82, 2.24) is 9.97 Å². The number of rotatable bonds is 4. The van der Waals surface area contributed by atoms with Crippen molar-refractivity contribution >= 4 is 21.5 Å². The molecular formula is C18H28N4O4S. The monoisotopic (exact) mass is 396 g/mol. The number of hydrogen-bond acceptors (Lipinski definition) is 7. The van der Waals surface area contributed by atoms with Crippen molar-refractivity contribution in [2.75, 3.05) is 43.2 Å². The van der Waals surface area contributed by atoms with Crippen molar-refractivity contribution in [1.29, 1.82) is 0 Å². The van der Waals surface area contributed by atoms with E-state index in [1.54, 1.807) is 14.0 Å². The van der Waals surface area contributed by atoms with Gasteiger partial charge in [0.2, 0.25) is 0 Å². The molecule has 2 aliphatic rings. The van der Waals surface area contributed by atoms with Gasteiger partial charge in [-0.05, 0) is 19.8 Å². The van der Waals surface area contributed by atoms with Crippen LogP contribution in [-0.2, 0) is 30.6 Å². The van der Waals surface area contributed by atoms with Crippen LogP contribution in [0.1, 0.15) is 37.7 Å². The first-order valence-electron chi connectivity index (χ1n) is 9.35. The van der Waals surface area contributed by atoms with E-state index >= 15 is 0 Å². The van der Waals surface area contributed by atoms with Crippen molar-refractivity contribution in [2.24, 2.45) is 4.36 Å². The van der Waals surface area contributed by atoms with Crippen molar-refractivity contribution in [3.8, 4) is 0 Å². The Morgan fingerprint density at radius 3 is 2.81 bits per heavy atom. The van der Waals surface area contributed by atoms with Crippen LogP contribution in [0.5, 0.6) is 0 Å². The fourth-order valence-electron chi connectivity index (χ4n) is 3.57. The average molecular weight is 397 g/mol. The van der Waals surface area contributed by atoms with Gasteiger partial charge in [-0.3, -0.25) is 4.79 Å². The van der Waals surface area contributed by atoms with Gasteiger partial charge in [0.25, 0.3) is 5.91 Å². The highest BCUT2D eigenvalue weighted by Gasteiger charge is 2.41. The van der Waals surface area contributed by atoms with E-state index in [2.05, 4.69) is 19.2 Å². The Bertz CT molecular complexity index is 806. The predicted molar refractivity (Wildman–Crippen MR) is 103 cm³/mol. The summed E-state index contributed by atoms with van der Waals surface area (Å²) >= 11 is 0. The molecule has 0 aromatic carbocycles. The summed E-state index contributed by atoms with van der Waals surface area (Å²) in [6, 6.07) is 1.97. The summed E-state index contributed by atoms with van der Waals surface area (Å²) in [7, 11) is -0.817. The first-order chi connectivity index (χ1) is 12.9. The van der Waals surface area contributed by atoms with Crippen LogP contribution in [0, 0.1) is 6.92 Å². The van der Waals surface area contributed by atoms with Gasteiger partial charge in [-0.15, -0.1) is 0 Å².